The zero-order valence-corrected chi connectivity index (χ0v) is 10.9. The Morgan fingerprint density at radius 2 is 2.00 bits per heavy atom. The maximum Gasteiger partial charge on any atom is 0.389 e. The van der Waals surface area contributed by atoms with Crippen molar-refractivity contribution in [2.75, 3.05) is 12.3 Å². The van der Waals surface area contributed by atoms with Gasteiger partial charge in [-0.2, -0.15) is 13.2 Å². The average Bonchev–Trinajstić information content (AvgIpc) is 2.21. The van der Waals surface area contributed by atoms with Crippen LogP contribution in [0.15, 0.2) is 22.7 Å². The van der Waals surface area contributed by atoms with Crippen LogP contribution in [0.1, 0.15) is 23.2 Å². The number of hydrogen-bond acceptors (Lipinski definition) is 2. The van der Waals surface area contributed by atoms with Crippen molar-refractivity contribution in [3.8, 4) is 0 Å². The SMILES string of the molecule is Nc1cc(Br)cc(C(=O)NCCCC(F)(F)F)c1. The van der Waals surface area contributed by atoms with Gasteiger partial charge in [0.15, 0.2) is 0 Å². The van der Waals surface area contributed by atoms with Crippen LogP contribution < -0.4 is 11.1 Å². The molecule has 1 aromatic rings. The number of alkyl halides is 3. The molecule has 0 spiro atoms. The summed E-state index contributed by atoms with van der Waals surface area (Å²) in [6, 6.07) is 4.64. The molecule has 0 atom stereocenters. The lowest BCUT2D eigenvalue weighted by atomic mass is 10.2. The second-order valence-electron chi connectivity index (χ2n) is 3.75. The van der Waals surface area contributed by atoms with Gasteiger partial charge in [0.05, 0.1) is 0 Å². The quantitative estimate of drug-likeness (QED) is 0.660. The fourth-order valence-electron chi connectivity index (χ4n) is 1.34. The molecule has 0 heterocycles. The highest BCUT2D eigenvalue weighted by molar-refractivity contribution is 9.10. The molecule has 1 aromatic carbocycles. The van der Waals surface area contributed by atoms with E-state index in [9.17, 15) is 18.0 Å². The minimum atomic E-state index is -4.19. The summed E-state index contributed by atoms with van der Waals surface area (Å²) in [6.45, 7) is -0.0231. The van der Waals surface area contributed by atoms with Gasteiger partial charge in [0.25, 0.3) is 5.91 Å². The molecule has 3 nitrogen and oxygen atoms in total. The van der Waals surface area contributed by atoms with Gasteiger partial charge < -0.3 is 11.1 Å². The Hall–Kier alpha value is -1.24. The number of benzene rings is 1. The van der Waals surface area contributed by atoms with E-state index < -0.39 is 18.5 Å². The minimum absolute atomic E-state index is 0.0231. The summed E-state index contributed by atoms with van der Waals surface area (Å²) < 4.78 is 36.3. The van der Waals surface area contributed by atoms with Gasteiger partial charge in [-0.1, -0.05) is 15.9 Å². The van der Waals surface area contributed by atoms with Crippen molar-refractivity contribution in [2.45, 2.75) is 19.0 Å². The van der Waals surface area contributed by atoms with Crippen molar-refractivity contribution < 1.29 is 18.0 Å². The molecule has 18 heavy (non-hydrogen) atoms. The van der Waals surface area contributed by atoms with Crippen LogP contribution >= 0.6 is 15.9 Å². The first-order chi connectivity index (χ1) is 8.28. The van der Waals surface area contributed by atoms with Crippen LogP contribution in [0.3, 0.4) is 0 Å². The van der Waals surface area contributed by atoms with Gasteiger partial charge in [-0.05, 0) is 24.6 Å². The number of nitrogens with one attached hydrogen (secondary N) is 1. The van der Waals surface area contributed by atoms with E-state index in [4.69, 9.17) is 5.73 Å². The molecule has 0 unspecified atom stereocenters. The molecule has 0 aliphatic heterocycles. The number of anilines is 1. The van der Waals surface area contributed by atoms with E-state index in [1.165, 1.54) is 6.07 Å². The average molecular weight is 325 g/mol. The van der Waals surface area contributed by atoms with Gasteiger partial charge in [0.2, 0.25) is 0 Å². The molecular weight excluding hydrogens is 313 g/mol. The molecule has 0 bridgehead atoms. The normalized spacial score (nSPS) is 11.3. The maximum absolute atomic E-state index is 11.9. The van der Waals surface area contributed by atoms with Gasteiger partial charge in [0.1, 0.15) is 0 Å². The first kappa shape index (κ1) is 14.8. The molecule has 0 aliphatic carbocycles. The molecule has 0 aliphatic rings. The van der Waals surface area contributed by atoms with E-state index in [0.717, 1.165) is 0 Å². The number of hydrogen-bond donors (Lipinski definition) is 2. The summed E-state index contributed by atoms with van der Waals surface area (Å²) >= 11 is 3.18. The number of carbonyl (C=O) groups excluding carboxylic acids is 1. The van der Waals surface area contributed by atoms with Gasteiger partial charge in [-0.25, -0.2) is 0 Å². The summed E-state index contributed by atoms with van der Waals surface area (Å²) in [7, 11) is 0. The minimum Gasteiger partial charge on any atom is -0.399 e. The van der Waals surface area contributed by atoms with E-state index in [0.29, 0.717) is 15.7 Å². The number of nitrogens with two attached hydrogens (primary N) is 1. The molecule has 100 valence electrons. The van der Waals surface area contributed by atoms with Crippen molar-refractivity contribution in [2.24, 2.45) is 0 Å². The Bertz CT molecular complexity index is 415. The monoisotopic (exact) mass is 324 g/mol. The van der Waals surface area contributed by atoms with Crippen LogP contribution in [-0.4, -0.2) is 18.6 Å². The molecule has 1 rings (SSSR count). The van der Waals surface area contributed by atoms with Gasteiger partial charge in [-0.15, -0.1) is 0 Å². The van der Waals surface area contributed by atoms with Crippen molar-refractivity contribution in [1.29, 1.82) is 0 Å². The highest BCUT2D eigenvalue weighted by Crippen LogP contribution is 2.21. The molecule has 0 saturated heterocycles. The van der Waals surface area contributed by atoms with E-state index in [1.54, 1.807) is 12.1 Å². The summed E-state index contributed by atoms with van der Waals surface area (Å²) in [6.07, 6.45) is -5.24. The molecule has 7 heteroatoms. The maximum atomic E-state index is 11.9. The van der Waals surface area contributed by atoms with E-state index in [1.807, 2.05) is 0 Å². The van der Waals surface area contributed by atoms with Gasteiger partial charge >= 0.3 is 6.18 Å². The summed E-state index contributed by atoms with van der Waals surface area (Å²) in [5, 5.41) is 2.41. The number of nitrogen functional groups attached to an aromatic ring is 1. The second-order valence-corrected chi connectivity index (χ2v) is 4.66. The molecule has 0 fully saturated rings. The number of carbonyl (C=O) groups is 1. The van der Waals surface area contributed by atoms with Crippen LogP contribution in [0.5, 0.6) is 0 Å². The highest BCUT2D eigenvalue weighted by Gasteiger charge is 2.25. The van der Waals surface area contributed by atoms with E-state index in [2.05, 4.69) is 21.2 Å². The predicted octanol–water partition coefficient (Wildman–Crippen LogP) is 3.10. The van der Waals surface area contributed by atoms with Crippen molar-refractivity contribution in [3.63, 3.8) is 0 Å². The Kier molecular flexibility index (Phi) is 5.01. The third-order valence-corrected chi connectivity index (χ3v) is 2.56. The smallest absolute Gasteiger partial charge is 0.389 e. The Morgan fingerprint density at radius 3 is 2.56 bits per heavy atom. The Labute approximate surface area is 111 Å². The molecule has 0 aromatic heterocycles. The number of rotatable bonds is 4. The fraction of sp³-hybridized carbons (Fsp3) is 0.364. The van der Waals surface area contributed by atoms with Crippen molar-refractivity contribution in [1.82, 2.24) is 5.32 Å². The lowest BCUT2D eigenvalue weighted by Crippen LogP contribution is -2.25. The lowest BCUT2D eigenvalue weighted by molar-refractivity contribution is -0.135. The molecule has 1 amide bonds. The topological polar surface area (TPSA) is 55.1 Å². The summed E-state index contributed by atoms with van der Waals surface area (Å²) in [4.78, 5) is 11.6. The van der Waals surface area contributed by atoms with Gasteiger partial charge in [-0.3, -0.25) is 4.79 Å². The van der Waals surface area contributed by atoms with Crippen LogP contribution in [0.4, 0.5) is 18.9 Å². The van der Waals surface area contributed by atoms with Crippen LogP contribution in [0.2, 0.25) is 0 Å². The van der Waals surface area contributed by atoms with E-state index in [-0.39, 0.29) is 13.0 Å². The fourth-order valence-corrected chi connectivity index (χ4v) is 1.85. The number of amides is 1. The largest absolute Gasteiger partial charge is 0.399 e. The van der Waals surface area contributed by atoms with Gasteiger partial charge in [0, 0.05) is 28.7 Å². The molecular formula is C11H12BrF3N2O. The zero-order chi connectivity index (χ0) is 13.8. The second kappa shape index (κ2) is 6.08. The summed E-state index contributed by atoms with van der Waals surface area (Å²) in [5.74, 6) is -0.440. The Balaban J connectivity index is 2.46. The molecule has 0 saturated carbocycles. The first-order valence-corrected chi connectivity index (χ1v) is 5.98. The summed E-state index contributed by atoms with van der Waals surface area (Å²) in [5.41, 5.74) is 6.27. The van der Waals surface area contributed by atoms with Crippen molar-refractivity contribution in [3.05, 3.63) is 28.2 Å². The molecule has 3 N–H and O–H groups in total. The first-order valence-electron chi connectivity index (χ1n) is 5.19. The van der Waals surface area contributed by atoms with Crippen LogP contribution in [0, 0.1) is 0 Å². The lowest BCUT2D eigenvalue weighted by Gasteiger charge is -2.08. The molecule has 0 radical (unpaired) electrons. The Morgan fingerprint density at radius 1 is 1.33 bits per heavy atom. The third-order valence-electron chi connectivity index (χ3n) is 2.10. The third kappa shape index (κ3) is 5.39. The van der Waals surface area contributed by atoms with Crippen molar-refractivity contribution >= 4 is 27.5 Å². The standard InChI is InChI=1S/C11H12BrF3N2O/c12-8-4-7(5-9(16)6-8)10(18)17-3-1-2-11(13,14)15/h4-6H,1-3,16H2,(H,17,18). The highest BCUT2D eigenvalue weighted by atomic mass is 79.9. The zero-order valence-electron chi connectivity index (χ0n) is 9.35. The van der Waals surface area contributed by atoms with Crippen LogP contribution in [-0.2, 0) is 0 Å². The van der Waals surface area contributed by atoms with E-state index >= 15 is 0 Å². The predicted molar refractivity (Wildman–Crippen MR) is 66.2 cm³/mol. The number of halogens is 4. The van der Waals surface area contributed by atoms with Crippen LogP contribution in [0.25, 0.3) is 0 Å².